The second-order valence-corrected chi connectivity index (χ2v) is 2.20. The Morgan fingerprint density at radius 1 is 1.42 bits per heavy atom. The van der Waals surface area contributed by atoms with Gasteiger partial charge in [0.1, 0.15) is 0 Å². The van der Waals surface area contributed by atoms with E-state index in [2.05, 4.69) is 11.6 Å². The fourth-order valence-electron chi connectivity index (χ4n) is 0.488. The molecule has 68 valence electrons. The highest BCUT2D eigenvalue weighted by Crippen LogP contribution is 2.29. The molecule has 0 heterocycles. The van der Waals surface area contributed by atoms with Gasteiger partial charge >= 0.3 is 6.18 Å². The van der Waals surface area contributed by atoms with Crippen LogP contribution >= 0.6 is 0 Å². The predicted octanol–water partition coefficient (Wildman–Crippen LogP) is 3.10. The minimum atomic E-state index is -4.36. The molecule has 0 unspecified atom stereocenters. The third-order valence-corrected chi connectivity index (χ3v) is 1.24. The van der Waals surface area contributed by atoms with Crippen LogP contribution in [0, 0.1) is 0 Å². The van der Waals surface area contributed by atoms with Gasteiger partial charge in [-0.1, -0.05) is 6.58 Å². The van der Waals surface area contributed by atoms with Crippen LogP contribution in [0.5, 0.6) is 0 Å². The van der Waals surface area contributed by atoms with Gasteiger partial charge in [-0.05, 0) is 19.4 Å². The summed E-state index contributed by atoms with van der Waals surface area (Å²) in [6, 6.07) is 0. The first kappa shape index (κ1) is 10.9. The summed E-state index contributed by atoms with van der Waals surface area (Å²) < 4.78 is 35.8. The lowest BCUT2D eigenvalue weighted by Gasteiger charge is -2.08. The van der Waals surface area contributed by atoms with Gasteiger partial charge in [-0.15, -0.1) is 0 Å². The highest BCUT2D eigenvalue weighted by atomic mass is 19.4. The largest absolute Gasteiger partial charge is 0.416 e. The molecule has 1 nitrogen and oxygen atoms in total. The molecule has 0 radical (unpaired) electrons. The molecule has 0 aromatic heterocycles. The number of rotatable bonds is 2. The van der Waals surface area contributed by atoms with E-state index in [1.807, 2.05) is 0 Å². The third-order valence-electron chi connectivity index (χ3n) is 1.24. The van der Waals surface area contributed by atoms with Gasteiger partial charge in [-0.2, -0.15) is 13.2 Å². The number of halogens is 3. The molecule has 0 saturated carbocycles. The zero-order valence-electron chi connectivity index (χ0n) is 6.94. The van der Waals surface area contributed by atoms with Crippen molar-refractivity contribution in [1.82, 2.24) is 0 Å². The average Bonchev–Trinajstić information content (AvgIpc) is 1.97. The first-order valence-electron chi connectivity index (χ1n) is 3.30. The fourth-order valence-corrected chi connectivity index (χ4v) is 0.488. The molecule has 0 rings (SSSR count). The van der Waals surface area contributed by atoms with Crippen molar-refractivity contribution in [3.63, 3.8) is 0 Å². The molecule has 0 atom stereocenters. The van der Waals surface area contributed by atoms with Gasteiger partial charge in [-0.25, -0.2) is 0 Å². The minimum Gasteiger partial charge on any atom is -0.269 e. The molecule has 0 aliphatic heterocycles. The Bertz CT molecular complexity index is 223. The summed E-state index contributed by atoms with van der Waals surface area (Å²) in [6.45, 7) is 5.86. The van der Waals surface area contributed by atoms with Crippen molar-refractivity contribution in [2.24, 2.45) is 4.99 Å². The van der Waals surface area contributed by atoms with Gasteiger partial charge in [-0.3, -0.25) is 4.99 Å². The van der Waals surface area contributed by atoms with Gasteiger partial charge in [0.2, 0.25) is 0 Å². The second-order valence-electron chi connectivity index (χ2n) is 2.20. The van der Waals surface area contributed by atoms with Gasteiger partial charge < -0.3 is 0 Å². The number of hydrogen-bond donors (Lipinski definition) is 0. The van der Waals surface area contributed by atoms with Crippen molar-refractivity contribution in [1.29, 1.82) is 0 Å². The lowest BCUT2D eigenvalue weighted by molar-refractivity contribution is -0.0889. The first-order chi connectivity index (χ1) is 5.39. The summed E-state index contributed by atoms with van der Waals surface area (Å²) in [7, 11) is 0. The molecule has 0 N–H and O–H groups in total. The zero-order chi connectivity index (χ0) is 9.78. The van der Waals surface area contributed by atoms with E-state index in [-0.39, 0.29) is 5.57 Å². The van der Waals surface area contributed by atoms with E-state index in [0.717, 1.165) is 6.20 Å². The Morgan fingerprint density at radius 3 is 2.25 bits per heavy atom. The SMILES string of the molecule is C=C(/C(C)=C\N=CC)C(F)(F)F. The van der Waals surface area contributed by atoms with Crippen LogP contribution in [-0.2, 0) is 0 Å². The summed E-state index contributed by atoms with van der Waals surface area (Å²) in [4.78, 5) is 3.56. The van der Waals surface area contributed by atoms with Crippen LogP contribution in [-0.4, -0.2) is 12.4 Å². The molecule has 0 bridgehead atoms. The Labute approximate surface area is 69.3 Å². The quantitative estimate of drug-likeness (QED) is 0.454. The van der Waals surface area contributed by atoms with E-state index >= 15 is 0 Å². The standard InChI is InChI=1S/C8H10F3N/c1-4-12-5-6(2)7(3)8(9,10)11/h4-5H,3H2,1-2H3/b6-5-,12-4?. The van der Waals surface area contributed by atoms with E-state index in [9.17, 15) is 13.2 Å². The van der Waals surface area contributed by atoms with E-state index in [0.29, 0.717) is 0 Å². The monoisotopic (exact) mass is 177 g/mol. The van der Waals surface area contributed by atoms with Crippen molar-refractivity contribution in [3.8, 4) is 0 Å². The normalized spacial score (nSPS) is 13.9. The van der Waals surface area contributed by atoms with E-state index in [1.165, 1.54) is 13.1 Å². The molecular weight excluding hydrogens is 167 g/mol. The van der Waals surface area contributed by atoms with Crippen LogP contribution < -0.4 is 0 Å². The Kier molecular flexibility index (Phi) is 3.73. The highest BCUT2D eigenvalue weighted by molar-refractivity contribution is 5.54. The molecule has 0 aliphatic carbocycles. The van der Waals surface area contributed by atoms with Crippen molar-refractivity contribution in [2.45, 2.75) is 20.0 Å². The average molecular weight is 177 g/mol. The molecule has 0 spiro atoms. The minimum absolute atomic E-state index is 0.0283. The van der Waals surface area contributed by atoms with Gasteiger partial charge in [0.25, 0.3) is 0 Å². The predicted molar refractivity (Wildman–Crippen MR) is 43.1 cm³/mol. The van der Waals surface area contributed by atoms with Crippen LogP contribution in [0.3, 0.4) is 0 Å². The Hall–Kier alpha value is -1.06. The van der Waals surface area contributed by atoms with E-state index in [1.54, 1.807) is 6.92 Å². The van der Waals surface area contributed by atoms with E-state index in [4.69, 9.17) is 0 Å². The molecular formula is C8H10F3N. The lowest BCUT2D eigenvalue weighted by atomic mass is 10.1. The molecule has 0 aromatic rings. The summed E-state index contributed by atoms with van der Waals surface area (Å²) in [6.07, 6.45) is -1.81. The molecule has 12 heavy (non-hydrogen) atoms. The van der Waals surface area contributed by atoms with Gasteiger partial charge in [0.05, 0.1) is 5.57 Å². The molecule has 0 saturated heterocycles. The number of aliphatic imine (C=N–C) groups is 1. The summed E-state index contributed by atoms with van der Waals surface area (Å²) in [5, 5.41) is 0. The molecule has 4 heteroatoms. The Morgan fingerprint density at radius 2 is 1.92 bits per heavy atom. The lowest BCUT2D eigenvalue weighted by Crippen LogP contribution is -2.11. The maximum Gasteiger partial charge on any atom is 0.416 e. The summed E-state index contributed by atoms with van der Waals surface area (Å²) in [5.74, 6) is 0. The van der Waals surface area contributed by atoms with Crippen LogP contribution in [0.4, 0.5) is 13.2 Å². The Balaban J connectivity index is 4.51. The van der Waals surface area contributed by atoms with Crippen LogP contribution in [0.1, 0.15) is 13.8 Å². The van der Waals surface area contributed by atoms with Crippen LogP contribution in [0.25, 0.3) is 0 Å². The van der Waals surface area contributed by atoms with Crippen molar-refractivity contribution in [2.75, 3.05) is 0 Å². The van der Waals surface area contributed by atoms with Crippen molar-refractivity contribution in [3.05, 3.63) is 23.9 Å². The van der Waals surface area contributed by atoms with Gasteiger partial charge in [0, 0.05) is 12.4 Å². The zero-order valence-corrected chi connectivity index (χ0v) is 6.94. The number of allylic oxidation sites excluding steroid dienone is 2. The highest BCUT2D eigenvalue weighted by Gasteiger charge is 2.32. The molecule has 0 aromatic carbocycles. The first-order valence-corrected chi connectivity index (χ1v) is 3.30. The van der Waals surface area contributed by atoms with Crippen LogP contribution in [0.15, 0.2) is 28.9 Å². The number of alkyl halides is 3. The third kappa shape index (κ3) is 3.37. The maximum atomic E-state index is 11.9. The number of hydrogen-bond acceptors (Lipinski definition) is 1. The molecule has 0 aliphatic rings. The number of nitrogens with zero attached hydrogens (tertiary/aromatic N) is 1. The smallest absolute Gasteiger partial charge is 0.269 e. The van der Waals surface area contributed by atoms with E-state index < -0.39 is 11.7 Å². The second kappa shape index (κ2) is 4.09. The summed E-state index contributed by atoms with van der Waals surface area (Å²) in [5.41, 5.74) is -0.825. The van der Waals surface area contributed by atoms with Crippen LogP contribution in [0.2, 0.25) is 0 Å². The van der Waals surface area contributed by atoms with Crippen molar-refractivity contribution >= 4 is 6.21 Å². The maximum absolute atomic E-state index is 11.9. The molecule has 0 amide bonds. The summed E-state index contributed by atoms with van der Waals surface area (Å²) >= 11 is 0. The fraction of sp³-hybridized carbons (Fsp3) is 0.375. The topological polar surface area (TPSA) is 12.4 Å². The van der Waals surface area contributed by atoms with Gasteiger partial charge in [0.15, 0.2) is 0 Å². The van der Waals surface area contributed by atoms with Crippen molar-refractivity contribution < 1.29 is 13.2 Å². The molecule has 0 fully saturated rings.